The molecule has 0 radical (unpaired) electrons. The number of phenolic OH excluding ortho intramolecular Hbond substituents is 1. The van der Waals surface area contributed by atoms with Gasteiger partial charge in [0.25, 0.3) is 0 Å². The van der Waals surface area contributed by atoms with Crippen molar-refractivity contribution in [3.05, 3.63) is 23.8 Å². The average molecular weight is 195 g/mol. The molecule has 0 aromatic heterocycles. The maximum Gasteiger partial charge on any atom is 0.118 e. The van der Waals surface area contributed by atoms with Gasteiger partial charge in [-0.05, 0) is 36.6 Å². The summed E-state index contributed by atoms with van der Waals surface area (Å²) < 4.78 is 4.96. The summed E-state index contributed by atoms with van der Waals surface area (Å²) in [4.78, 5) is 0. The largest absolute Gasteiger partial charge is 0.508 e. The molecule has 0 unspecified atom stereocenters. The van der Waals surface area contributed by atoms with Gasteiger partial charge >= 0.3 is 0 Å². The molecule has 78 valence electrons. The second-order valence-electron chi connectivity index (χ2n) is 3.19. The number of hydrogen-bond donors (Lipinski definition) is 2. The Morgan fingerprint density at radius 2 is 2.21 bits per heavy atom. The third-order valence-electron chi connectivity index (χ3n) is 2.16. The molecule has 3 nitrogen and oxygen atoms in total. The van der Waals surface area contributed by atoms with E-state index in [9.17, 15) is 5.11 Å². The number of methoxy groups -OCH3 is 1. The van der Waals surface area contributed by atoms with Crippen molar-refractivity contribution in [2.75, 3.05) is 26.1 Å². The van der Waals surface area contributed by atoms with Crippen LogP contribution < -0.4 is 5.32 Å². The normalized spacial score (nSPS) is 10.1. The van der Waals surface area contributed by atoms with Crippen LogP contribution in [0.1, 0.15) is 12.0 Å². The number of anilines is 1. The number of aryl methyl sites for hydroxylation is 1. The summed E-state index contributed by atoms with van der Waals surface area (Å²) in [5, 5.41) is 12.6. The van der Waals surface area contributed by atoms with Crippen molar-refractivity contribution in [3.63, 3.8) is 0 Å². The van der Waals surface area contributed by atoms with E-state index in [0.717, 1.165) is 30.7 Å². The zero-order valence-electron chi connectivity index (χ0n) is 8.71. The van der Waals surface area contributed by atoms with E-state index in [4.69, 9.17) is 4.74 Å². The summed E-state index contributed by atoms with van der Waals surface area (Å²) in [5.41, 5.74) is 1.99. The van der Waals surface area contributed by atoms with E-state index in [1.807, 2.05) is 19.2 Å². The highest BCUT2D eigenvalue weighted by atomic mass is 16.5. The number of rotatable bonds is 5. The molecule has 0 heterocycles. The van der Waals surface area contributed by atoms with Gasteiger partial charge in [0.1, 0.15) is 5.75 Å². The van der Waals surface area contributed by atoms with Gasteiger partial charge in [0, 0.05) is 26.5 Å². The van der Waals surface area contributed by atoms with Crippen LogP contribution in [0, 0.1) is 0 Å². The number of benzene rings is 1. The second-order valence-corrected chi connectivity index (χ2v) is 3.19. The molecule has 0 saturated heterocycles. The van der Waals surface area contributed by atoms with E-state index in [1.165, 1.54) is 0 Å². The zero-order chi connectivity index (χ0) is 10.4. The van der Waals surface area contributed by atoms with Crippen LogP contribution >= 0.6 is 0 Å². The first kappa shape index (κ1) is 10.9. The van der Waals surface area contributed by atoms with Gasteiger partial charge in [-0.15, -0.1) is 0 Å². The van der Waals surface area contributed by atoms with Gasteiger partial charge in [0.15, 0.2) is 0 Å². The molecule has 1 aromatic carbocycles. The summed E-state index contributed by atoms with van der Waals surface area (Å²) in [6.45, 7) is 0.725. The highest BCUT2D eigenvalue weighted by Gasteiger charge is 2.01. The zero-order valence-corrected chi connectivity index (χ0v) is 8.71. The standard InChI is InChI=1S/C11H17NO2/c1-12-10-5-6-11(13)9(8-10)4-3-7-14-2/h5-6,8,12-13H,3-4,7H2,1-2H3. The van der Waals surface area contributed by atoms with Gasteiger partial charge in [-0.1, -0.05) is 0 Å². The van der Waals surface area contributed by atoms with Gasteiger partial charge in [0.05, 0.1) is 0 Å². The van der Waals surface area contributed by atoms with Gasteiger partial charge in [-0.25, -0.2) is 0 Å². The quantitative estimate of drug-likeness (QED) is 0.558. The molecular formula is C11H17NO2. The van der Waals surface area contributed by atoms with Gasteiger partial charge in [-0.2, -0.15) is 0 Å². The van der Waals surface area contributed by atoms with Crippen LogP contribution in [0.25, 0.3) is 0 Å². The van der Waals surface area contributed by atoms with Crippen molar-refractivity contribution in [2.45, 2.75) is 12.8 Å². The van der Waals surface area contributed by atoms with Crippen LogP contribution in [0.2, 0.25) is 0 Å². The Morgan fingerprint density at radius 3 is 2.86 bits per heavy atom. The molecule has 0 saturated carbocycles. The smallest absolute Gasteiger partial charge is 0.118 e. The fraction of sp³-hybridized carbons (Fsp3) is 0.455. The molecule has 0 aliphatic rings. The molecule has 0 fully saturated rings. The SMILES string of the molecule is CNc1ccc(O)c(CCCOC)c1. The van der Waals surface area contributed by atoms with Crippen molar-refractivity contribution in [2.24, 2.45) is 0 Å². The first-order chi connectivity index (χ1) is 6.77. The maximum absolute atomic E-state index is 9.56. The van der Waals surface area contributed by atoms with Crippen molar-refractivity contribution in [1.82, 2.24) is 0 Å². The van der Waals surface area contributed by atoms with Crippen LogP contribution in [0.15, 0.2) is 18.2 Å². The minimum absolute atomic E-state index is 0.361. The lowest BCUT2D eigenvalue weighted by atomic mass is 10.1. The highest BCUT2D eigenvalue weighted by Crippen LogP contribution is 2.22. The van der Waals surface area contributed by atoms with Crippen molar-refractivity contribution in [1.29, 1.82) is 0 Å². The molecule has 1 aromatic rings. The van der Waals surface area contributed by atoms with E-state index in [2.05, 4.69) is 5.32 Å². The molecule has 0 atom stereocenters. The van der Waals surface area contributed by atoms with Crippen molar-refractivity contribution >= 4 is 5.69 Å². The summed E-state index contributed by atoms with van der Waals surface area (Å²) in [6, 6.07) is 5.54. The Kier molecular flexibility index (Phi) is 4.26. The molecule has 0 amide bonds. The predicted molar refractivity (Wildman–Crippen MR) is 57.9 cm³/mol. The molecule has 0 bridgehead atoms. The Bertz CT molecular complexity index is 287. The topological polar surface area (TPSA) is 41.5 Å². The first-order valence-electron chi connectivity index (χ1n) is 4.76. The van der Waals surface area contributed by atoms with E-state index in [-0.39, 0.29) is 0 Å². The summed E-state index contributed by atoms with van der Waals surface area (Å²) in [6.07, 6.45) is 1.77. The van der Waals surface area contributed by atoms with Crippen molar-refractivity contribution < 1.29 is 9.84 Å². The van der Waals surface area contributed by atoms with Crippen molar-refractivity contribution in [3.8, 4) is 5.75 Å². The molecule has 0 aliphatic carbocycles. The van der Waals surface area contributed by atoms with Crippen LogP contribution in [-0.2, 0) is 11.2 Å². The Hall–Kier alpha value is -1.22. The van der Waals surface area contributed by atoms with Crippen LogP contribution in [-0.4, -0.2) is 25.9 Å². The van der Waals surface area contributed by atoms with Gasteiger partial charge in [0.2, 0.25) is 0 Å². The lowest BCUT2D eigenvalue weighted by Gasteiger charge is -2.07. The predicted octanol–water partition coefficient (Wildman–Crippen LogP) is 2.01. The monoisotopic (exact) mass is 195 g/mol. The lowest BCUT2D eigenvalue weighted by molar-refractivity contribution is 0.195. The summed E-state index contributed by atoms with van der Waals surface area (Å²) >= 11 is 0. The van der Waals surface area contributed by atoms with E-state index >= 15 is 0 Å². The van der Waals surface area contributed by atoms with Gasteiger partial charge in [-0.3, -0.25) is 0 Å². The van der Waals surface area contributed by atoms with E-state index in [0.29, 0.717) is 5.75 Å². The third-order valence-corrected chi connectivity index (χ3v) is 2.16. The molecule has 2 N–H and O–H groups in total. The van der Waals surface area contributed by atoms with Gasteiger partial charge < -0.3 is 15.2 Å². The Morgan fingerprint density at radius 1 is 1.43 bits per heavy atom. The van der Waals surface area contributed by atoms with Crippen LogP contribution in [0.4, 0.5) is 5.69 Å². The molecule has 14 heavy (non-hydrogen) atoms. The minimum Gasteiger partial charge on any atom is -0.508 e. The number of nitrogens with one attached hydrogen (secondary N) is 1. The number of ether oxygens (including phenoxy) is 1. The molecule has 0 spiro atoms. The summed E-state index contributed by atoms with van der Waals surface area (Å²) in [5.74, 6) is 0.361. The van der Waals surface area contributed by atoms with E-state index < -0.39 is 0 Å². The van der Waals surface area contributed by atoms with Crippen LogP contribution in [0.3, 0.4) is 0 Å². The third kappa shape index (κ3) is 2.92. The number of hydrogen-bond acceptors (Lipinski definition) is 3. The molecular weight excluding hydrogens is 178 g/mol. The summed E-state index contributed by atoms with van der Waals surface area (Å²) in [7, 11) is 3.55. The Balaban J connectivity index is 2.64. The lowest BCUT2D eigenvalue weighted by Crippen LogP contribution is -1.95. The molecule has 3 heteroatoms. The number of phenols is 1. The molecule has 1 rings (SSSR count). The minimum atomic E-state index is 0.361. The maximum atomic E-state index is 9.56. The highest BCUT2D eigenvalue weighted by molar-refractivity contribution is 5.50. The molecule has 0 aliphatic heterocycles. The number of aromatic hydroxyl groups is 1. The average Bonchev–Trinajstić information content (AvgIpc) is 2.21. The fourth-order valence-electron chi connectivity index (χ4n) is 1.35. The van der Waals surface area contributed by atoms with E-state index in [1.54, 1.807) is 13.2 Å². The van der Waals surface area contributed by atoms with Crippen LogP contribution in [0.5, 0.6) is 5.75 Å². The first-order valence-corrected chi connectivity index (χ1v) is 4.76. The second kappa shape index (κ2) is 5.50. The Labute approximate surface area is 84.7 Å². The fourth-order valence-corrected chi connectivity index (χ4v) is 1.35.